The van der Waals surface area contributed by atoms with Gasteiger partial charge in [0.05, 0.1) is 5.56 Å². The third-order valence-electron chi connectivity index (χ3n) is 11.0. The van der Waals surface area contributed by atoms with E-state index in [2.05, 4.69) is 170 Å². The number of furan rings is 1. The molecule has 11 rings (SSSR count). The Morgan fingerprint density at radius 3 is 1.46 bits per heavy atom. The van der Waals surface area contributed by atoms with E-state index < -0.39 is 0 Å². The molecule has 57 heavy (non-hydrogen) atoms. The number of hydrogen-bond acceptors (Lipinski definition) is 4. The van der Waals surface area contributed by atoms with Crippen molar-refractivity contribution in [3.63, 3.8) is 0 Å². The first kappa shape index (κ1) is 32.7. The Morgan fingerprint density at radius 2 is 0.719 bits per heavy atom. The average Bonchev–Trinajstić information content (AvgIpc) is 3.68. The monoisotopic (exact) mass is 727 g/mol. The Labute approximate surface area is 329 Å². The molecular formula is C53H33N3O. The summed E-state index contributed by atoms with van der Waals surface area (Å²) in [6.45, 7) is 0. The van der Waals surface area contributed by atoms with Crippen LogP contribution in [0, 0.1) is 0 Å². The fourth-order valence-corrected chi connectivity index (χ4v) is 8.16. The highest BCUT2D eigenvalue weighted by molar-refractivity contribution is 6.10. The normalized spacial score (nSPS) is 11.5. The van der Waals surface area contributed by atoms with E-state index in [1.54, 1.807) is 0 Å². The van der Waals surface area contributed by atoms with Crippen LogP contribution in [-0.4, -0.2) is 15.0 Å². The topological polar surface area (TPSA) is 51.8 Å². The molecule has 0 N–H and O–H groups in total. The first-order valence-corrected chi connectivity index (χ1v) is 19.2. The Hall–Kier alpha value is -7.69. The van der Waals surface area contributed by atoms with E-state index in [-0.39, 0.29) is 0 Å². The van der Waals surface area contributed by atoms with Crippen LogP contribution in [0.25, 0.3) is 111 Å². The van der Waals surface area contributed by atoms with E-state index >= 15 is 0 Å². The van der Waals surface area contributed by atoms with Crippen LogP contribution in [0.15, 0.2) is 205 Å². The van der Waals surface area contributed by atoms with Crippen molar-refractivity contribution in [3.05, 3.63) is 200 Å². The van der Waals surface area contributed by atoms with Gasteiger partial charge in [0.1, 0.15) is 11.2 Å². The van der Waals surface area contributed by atoms with Crippen LogP contribution in [0.4, 0.5) is 0 Å². The van der Waals surface area contributed by atoms with E-state index in [1.165, 1.54) is 33.0 Å². The van der Waals surface area contributed by atoms with E-state index in [0.717, 1.165) is 60.5 Å². The molecule has 0 aliphatic rings. The molecule has 9 aromatic carbocycles. The Balaban J connectivity index is 1.07. The molecule has 2 heterocycles. The maximum atomic E-state index is 6.50. The summed E-state index contributed by atoms with van der Waals surface area (Å²) in [5.74, 6) is 1.75. The Kier molecular flexibility index (Phi) is 7.78. The van der Waals surface area contributed by atoms with Crippen LogP contribution in [0.3, 0.4) is 0 Å². The summed E-state index contributed by atoms with van der Waals surface area (Å²) < 4.78 is 6.50. The quantitative estimate of drug-likeness (QED) is 0.171. The zero-order valence-electron chi connectivity index (χ0n) is 30.8. The van der Waals surface area contributed by atoms with Crippen molar-refractivity contribution >= 4 is 43.5 Å². The van der Waals surface area contributed by atoms with Gasteiger partial charge in [-0.1, -0.05) is 182 Å². The standard InChI is InChI=1S/C53H33N3O/c1-2-12-34(13-3-1)35-24-26-36(27-25-35)37-28-30-39(31-29-37)51-54-52(56-53(55-51)48-22-11-21-46-45-19-8-9-23-49(45)57-50(46)48)47-33-32-44(42-17-6-7-18-43(42)47)41-20-10-15-38-14-4-5-16-40(38)41/h1-33H. The van der Waals surface area contributed by atoms with Crippen molar-refractivity contribution in [2.24, 2.45) is 0 Å². The Bertz CT molecular complexity index is 3270. The number of nitrogens with zero attached hydrogens (tertiary/aromatic N) is 3. The average molecular weight is 728 g/mol. The molecule has 11 aromatic rings. The van der Waals surface area contributed by atoms with Crippen LogP contribution < -0.4 is 0 Å². The summed E-state index contributed by atoms with van der Waals surface area (Å²) in [4.78, 5) is 15.6. The SMILES string of the molecule is c1ccc(-c2ccc(-c3ccc(-c4nc(-c5ccc(-c6cccc7ccccc67)c6ccccc56)nc(-c5cccc6c5oc5ccccc56)n4)cc3)cc2)cc1. The van der Waals surface area contributed by atoms with Gasteiger partial charge in [-0.2, -0.15) is 0 Å². The molecule has 0 aliphatic heterocycles. The highest BCUT2D eigenvalue weighted by atomic mass is 16.3. The minimum absolute atomic E-state index is 0.558. The molecule has 266 valence electrons. The van der Waals surface area contributed by atoms with Crippen molar-refractivity contribution in [2.75, 3.05) is 0 Å². The first-order chi connectivity index (χ1) is 28.2. The van der Waals surface area contributed by atoms with E-state index in [9.17, 15) is 0 Å². The third kappa shape index (κ3) is 5.74. The molecule has 0 bridgehead atoms. The zero-order valence-corrected chi connectivity index (χ0v) is 30.8. The lowest BCUT2D eigenvalue weighted by molar-refractivity contribution is 0.669. The highest BCUT2D eigenvalue weighted by Gasteiger charge is 2.20. The second-order valence-corrected chi connectivity index (χ2v) is 14.3. The fraction of sp³-hybridized carbons (Fsp3) is 0. The molecule has 0 saturated heterocycles. The van der Waals surface area contributed by atoms with Crippen molar-refractivity contribution in [3.8, 4) is 67.5 Å². The lowest BCUT2D eigenvalue weighted by Gasteiger charge is -2.14. The largest absolute Gasteiger partial charge is 0.455 e. The van der Waals surface area contributed by atoms with Gasteiger partial charge in [-0.3, -0.25) is 0 Å². The first-order valence-electron chi connectivity index (χ1n) is 19.2. The number of hydrogen-bond donors (Lipinski definition) is 0. The van der Waals surface area contributed by atoms with Crippen LogP contribution in [0.5, 0.6) is 0 Å². The molecular weight excluding hydrogens is 695 g/mol. The van der Waals surface area contributed by atoms with Crippen molar-refractivity contribution in [1.29, 1.82) is 0 Å². The summed E-state index contributed by atoms with van der Waals surface area (Å²) in [6.07, 6.45) is 0. The summed E-state index contributed by atoms with van der Waals surface area (Å²) in [5, 5.41) is 6.73. The third-order valence-corrected chi connectivity index (χ3v) is 11.0. The van der Waals surface area contributed by atoms with Crippen LogP contribution >= 0.6 is 0 Å². The van der Waals surface area contributed by atoms with Gasteiger partial charge in [0.25, 0.3) is 0 Å². The summed E-state index contributed by atoms with van der Waals surface area (Å²) >= 11 is 0. The van der Waals surface area contributed by atoms with Gasteiger partial charge in [0.2, 0.25) is 0 Å². The van der Waals surface area contributed by atoms with Crippen LogP contribution in [-0.2, 0) is 0 Å². The molecule has 0 atom stereocenters. The molecule has 0 radical (unpaired) electrons. The van der Waals surface area contributed by atoms with Gasteiger partial charge in [-0.15, -0.1) is 0 Å². The highest BCUT2D eigenvalue weighted by Crippen LogP contribution is 2.40. The lowest BCUT2D eigenvalue weighted by Crippen LogP contribution is -2.01. The minimum Gasteiger partial charge on any atom is -0.455 e. The molecule has 0 unspecified atom stereocenters. The van der Waals surface area contributed by atoms with Gasteiger partial charge in [-0.05, 0) is 73.1 Å². The maximum absolute atomic E-state index is 6.50. The molecule has 0 fully saturated rings. The molecule has 0 aliphatic carbocycles. The Morgan fingerprint density at radius 1 is 0.263 bits per heavy atom. The predicted molar refractivity (Wildman–Crippen MR) is 235 cm³/mol. The van der Waals surface area contributed by atoms with Gasteiger partial charge >= 0.3 is 0 Å². The van der Waals surface area contributed by atoms with E-state index in [1.807, 2.05) is 30.3 Å². The van der Waals surface area contributed by atoms with Crippen molar-refractivity contribution in [1.82, 2.24) is 15.0 Å². The minimum atomic E-state index is 0.558. The van der Waals surface area contributed by atoms with Crippen LogP contribution in [0.1, 0.15) is 0 Å². The zero-order chi connectivity index (χ0) is 37.7. The molecule has 4 nitrogen and oxygen atoms in total. The lowest BCUT2D eigenvalue weighted by atomic mass is 9.92. The second-order valence-electron chi connectivity index (χ2n) is 14.3. The van der Waals surface area contributed by atoms with Gasteiger partial charge in [0.15, 0.2) is 17.5 Å². The number of fused-ring (bicyclic) bond motifs is 5. The smallest absolute Gasteiger partial charge is 0.167 e. The molecule has 4 heteroatoms. The van der Waals surface area contributed by atoms with Crippen LogP contribution in [0.2, 0.25) is 0 Å². The van der Waals surface area contributed by atoms with Crippen molar-refractivity contribution in [2.45, 2.75) is 0 Å². The molecule has 0 amide bonds. The molecule has 2 aromatic heterocycles. The molecule has 0 saturated carbocycles. The van der Waals surface area contributed by atoms with Gasteiger partial charge in [-0.25, -0.2) is 15.0 Å². The second kappa shape index (κ2) is 13.6. The van der Waals surface area contributed by atoms with E-state index in [0.29, 0.717) is 17.5 Å². The number of para-hydroxylation sites is 2. The van der Waals surface area contributed by atoms with E-state index in [4.69, 9.17) is 19.4 Å². The van der Waals surface area contributed by atoms with Gasteiger partial charge in [0, 0.05) is 21.9 Å². The van der Waals surface area contributed by atoms with Gasteiger partial charge < -0.3 is 4.42 Å². The van der Waals surface area contributed by atoms with Crippen molar-refractivity contribution < 1.29 is 4.42 Å². The maximum Gasteiger partial charge on any atom is 0.167 e. The summed E-state index contributed by atoms with van der Waals surface area (Å²) in [7, 11) is 0. The summed E-state index contributed by atoms with van der Waals surface area (Å²) in [6, 6.07) is 70.0. The fourth-order valence-electron chi connectivity index (χ4n) is 8.16. The number of benzene rings is 9. The summed E-state index contributed by atoms with van der Waals surface area (Å²) in [5.41, 5.74) is 11.3. The molecule has 0 spiro atoms. The number of aromatic nitrogens is 3. The number of rotatable bonds is 6. The predicted octanol–water partition coefficient (Wildman–Crippen LogP) is 14.1.